The molecule has 0 aliphatic heterocycles. The van der Waals surface area contributed by atoms with Crippen molar-refractivity contribution in [3.05, 3.63) is 90.0 Å². The van der Waals surface area contributed by atoms with Crippen molar-refractivity contribution in [2.45, 2.75) is 19.3 Å². The smallest absolute Gasteiger partial charge is 0.317 e. The average Bonchev–Trinajstić information content (AvgIpc) is 2.81. The molecule has 168 valence electrons. The Morgan fingerprint density at radius 2 is 1.41 bits per heavy atom. The molecule has 0 saturated carbocycles. The summed E-state index contributed by atoms with van der Waals surface area (Å²) in [6.07, 6.45) is -0.850. The van der Waals surface area contributed by atoms with Crippen LogP contribution in [0.15, 0.2) is 78.9 Å². The molecule has 0 amide bonds. The van der Waals surface area contributed by atoms with Crippen LogP contribution in [0.4, 0.5) is 0 Å². The molecule has 0 saturated heterocycles. The van der Waals surface area contributed by atoms with Gasteiger partial charge >= 0.3 is 5.97 Å². The van der Waals surface area contributed by atoms with Crippen LogP contribution in [0.1, 0.15) is 11.1 Å². The quantitative estimate of drug-likeness (QED) is 0.378. The third kappa shape index (κ3) is 7.94. The van der Waals surface area contributed by atoms with Crippen molar-refractivity contribution in [1.82, 2.24) is 5.32 Å². The Balaban J connectivity index is 1.63. The van der Waals surface area contributed by atoms with Crippen molar-refractivity contribution < 1.29 is 29.2 Å². The predicted octanol–water partition coefficient (Wildman–Crippen LogP) is 3.26. The zero-order valence-electron chi connectivity index (χ0n) is 17.6. The molecule has 0 aromatic heterocycles. The van der Waals surface area contributed by atoms with Gasteiger partial charge in [-0.3, -0.25) is 4.79 Å². The van der Waals surface area contributed by atoms with Gasteiger partial charge in [0.2, 0.25) is 0 Å². The van der Waals surface area contributed by atoms with Crippen LogP contribution in [0.25, 0.3) is 0 Å². The number of aliphatic carboxylic acids is 1. The highest BCUT2D eigenvalue weighted by atomic mass is 16.5. The molecule has 3 N–H and O–H groups in total. The normalized spacial score (nSPS) is 11.5. The number of ether oxygens (including phenoxy) is 3. The Hall–Kier alpha value is -3.55. The van der Waals surface area contributed by atoms with Gasteiger partial charge in [0, 0.05) is 12.6 Å². The van der Waals surface area contributed by atoms with Crippen LogP contribution in [0.2, 0.25) is 0 Å². The molecule has 7 heteroatoms. The van der Waals surface area contributed by atoms with Gasteiger partial charge in [-0.25, -0.2) is 0 Å². The topological polar surface area (TPSA) is 97.3 Å². The van der Waals surface area contributed by atoms with E-state index in [2.05, 4.69) is 5.32 Å². The van der Waals surface area contributed by atoms with Crippen molar-refractivity contribution in [3.63, 3.8) is 0 Å². The summed E-state index contributed by atoms with van der Waals surface area (Å²) in [4.78, 5) is 10.5. The third-order valence-corrected chi connectivity index (χ3v) is 4.49. The summed E-state index contributed by atoms with van der Waals surface area (Å²) < 4.78 is 17.6. The average molecular weight is 437 g/mol. The molecule has 3 rings (SSSR count). The highest BCUT2D eigenvalue weighted by molar-refractivity contribution is 5.68. The molecule has 3 aromatic rings. The number of carboxylic acids is 1. The van der Waals surface area contributed by atoms with E-state index in [4.69, 9.17) is 19.3 Å². The first-order chi connectivity index (χ1) is 15.6. The first-order valence-corrected chi connectivity index (χ1v) is 10.3. The lowest BCUT2D eigenvalue weighted by atomic mass is 10.2. The lowest BCUT2D eigenvalue weighted by Gasteiger charge is -2.16. The number of hydrogen-bond acceptors (Lipinski definition) is 6. The van der Waals surface area contributed by atoms with Crippen LogP contribution >= 0.6 is 0 Å². The highest BCUT2D eigenvalue weighted by Gasteiger charge is 2.11. The summed E-state index contributed by atoms with van der Waals surface area (Å²) in [7, 11) is 0. The van der Waals surface area contributed by atoms with Crippen LogP contribution < -0.4 is 19.5 Å². The van der Waals surface area contributed by atoms with Gasteiger partial charge in [0.15, 0.2) is 11.5 Å². The third-order valence-electron chi connectivity index (χ3n) is 4.49. The summed E-state index contributed by atoms with van der Waals surface area (Å²) >= 11 is 0. The minimum absolute atomic E-state index is 0.00889. The zero-order chi connectivity index (χ0) is 22.6. The number of aliphatic hydroxyl groups excluding tert-OH is 1. The van der Waals surface area contributed by atoms with Gasteiger partial charge in [-0.1, -0.05) is 60.7 Å². The molecule has 7 nitrogen and oxygen atoms in total. The van der Waals surface area contributed by atoms with E-state index >= 15 is 0 Å². The van der Waals surface area contributed by atoms with E-state index in [9.17, 15) is 9.90 Å². The van der Waals surface area contributed by atoms with E-state index in [0.717, 1.165) is 11.1 Å². The summed E-state index contributed by atoms with van der Waals surface area (Å²) in [5, 5.41) is 21.3. The number of aliphatic hydroxyl groups is 1. The number of rotatable bonds is 13. The van der Waals surface area contributed by atoms with Crippen LogP contribution in [-0.2, 0) is 18.0 Å². The Morgan fingerprint density at radius 3 is 2.00 bits per heavy atom. The van der Waals surface area contributed by atoms with Crippen LogP contribution in [-0.4, -0.2) is 42.0 Å². The Bertz CT molecular complexity index is 965. The van der Waals surface area contributed by atoms with Crippen LogP contribution in [0, 0.1) is 0 Å². The maximum absolute atomic E-state index is 10.5. The van der Waals surface area contributed by atoms with Crippen molar-refractivity contribution in [2.24, 2.45) is 0 Å². The second-order valence-electron chi connectivity index (χ2n) is 7.15. The molecule has 0 spiro atoms. The van der Waals surface area contributed by atoms with E-state index in [-0.39, 0.29) is 19.7 Å². The number of carbonyl (C=O) groups is 1. The standard InChI is InChI=1S/C25H27NO6/c27-21(14-26-15-25(28)29)18-30-22-11-12-23(31-16-19-7-3-1-4-8-19)24(13-22)32-17-20-9-5-2-6-10-20/h1-13,21,26-27H,14-18H2,(H,28,29)/t21-/m1/s1. The van der Waals surface area contributed by atoms with Crippen LogP contribution in [0.3, 0.4) is 0 Å². The van der Waals surface area contributed by atoms with Gasteiger partial charge in [-0.15, -0.1) is 0 Å². The highest BCUT2D eigenvalue weighted by Crippen LogP contribution is 2.33. The predicted molar refractivity (Wildman–Crippen MR) is 120 cm³/mol. The van der Waals surface area contributed by atoms with E-state index in [0.29, 0.717) is 30.5 Å². The minimum Gasteiger partial charge on any atom is -0.491 e. The number of hydrogen-bond donors (Lipinski definition) is 3. The summed E-state index contributed by atoms with van der Waals surface area (Å²) in [6.45, 7) is 0.670. The van der Waals surface area contributed by atoms with E-state index in [1.165, 1.54) is 0 Å². The number of carboxylic acid groups (broad SMARTS) is 1. The lowest BCUT2D eigenvalue weighted by molar-refractivity contribution is -0.136. The van der Waals surface area contributed by atoms with Gasteiger partial charge in [-0.05, 0) is 23.3 Å². The molecule has 1 atom stereocenters. The molecule has 0 bridgehead atoms. The number of nitrogens with one attached hydrogen (secondary N) is 1. The molecule has 0 radical (unpaired) electrons. The van der Waals surface area contributed by atoms with Crippen molar-refractivity contribution in [3.8, 4) is 17.2 Å². The van der Waals surface area contributed by atoms with E-state index in [1.807, 2.05) is 60.7 Å². The molecular formula is C25H27NO6. The lowest BCUT2D eigenvalue weighted by Crippen LogP contribution is -2.34. The second-order valence-corrected chi connectivity index (χ2v) is 7.15. The largest absolute Gasteiger partial charge is 0.491 e. The van der Waals surface area contributed by atoms with Crippen molar-refractivity contribution in [2.75, 3.05) is 19.7 Å². The maximum Gasteiger partial charge on any atom is 0.317 e. The molecule has 0 fully saturated rings. The second kappa shape index (κ2) is 12.3. The van der Waals surface area contributed by atoms with Crippen molar-refractivity contribution >= 4 is 5.97 Å². The monoisotopic (exact) mass is 437 g/mol. The first kappa shape index (κ1) is 23.1. The Labute approximate surface area is 187 Å². The number of benzene rings is 3. The molecule has 0 unspecified atom stereocenters. The van der Waals surface area contributed by atoms with E-state index < -0.39 is 12.1 Å². The maximum atomic E-state index is 10.5. The fourth-order valence-electron chi connectivity index (χ4n) is 2.88. The summed E-state index contributed by atoms with van der Waals surface area (Å²) in [5.74, 6) is 0.642. The summed E-state index contributed by atoms with van der Waals surface area (Å²) in [6, 6.07) is 24.9. The molecule has 0 aliphatic rings. The van der Waals surface area contributed by atoms with Crippen LogP contribution in [0.5, 0.6) is 17.2 Å². The first-order valence-electron chi connectivity index (χ1n) is 10.3. The van der Waals surface area contributed by atoms with Gasteiger partial charge in [0.05, 0.1) is 6.54 Å². The molecule has 0 aliphatic carbocycles. The molecule has 0 heterocycles. The van der Waals surface area contributed by atoms with Crippen molar-refractivity contribution in [1.29, 1.82) is 0 Å². The van der Waals surface area contributed by atoms with E-state index in [1.54, 1.807) is 18.2 Å². The fraction of sp³-hybridized carbons (Fsp3) is 0.240. The molecular weight excluding hydrogens is 410 g/mol. The van der Waals surface area contributed by atoms with Gasteiger partial charge in [0.25, 0.3) is 0 Å². The SMILES string of the molecule is O=C(O)CNC[C@@H](O)COc1ccc(OCc2ccccc2)c(OCc2ccccc2)c1. The van der Waals surface area contributed by atoms with Gasteiger partial charge < -0.3 is 29.7 Å². The minimum atomic E-state index is -0.982. The Kier molecular flexibility index (Phi) is 8.92. The fourth-order valence-corrected chi connectivity index (χ4v) is 2.88. The summed E-state index contributed by atoms with van der Waals surface area (Å²) in [5.41, 5.74) is 2.06. The zero-order valence-corrected chi connectivity index (χ0v) is 17.6. The Morgan fingerprint density at radius 1 is 0.812 bits per heavy atom. The van der Waals surface area contributed by atoms with Gasteiger partial charge in [0.1, 0.15) is 31.7 Å². The molecule has 32 heavy (non-hydrogen) atoms. The van der Waals surface area contributed by atoms with Gasteiger partial charge in [-0.2, -0.15) is 0 Å². The molecule has 3 aromatic carbocycles.